The first-order chi connectivity index (χ1) is 14.4. The van der Waals surface area contributed by atoms with E-state index in [1.165, 1.54) is 23.9 Å². The molecule has 1 N–H and O–H groups in total. The SMILES string of the molecule is CCCNC(=O)C(CC)N(Cc1ccc(C)cc1)C(=O)CSCc1ccc(F)cc1. The van der Waals surface area contributed by atoms with Gasteiger partial charge in [-0.1, -0.05) is 55.8 Å². The molecule has 0 bridgehead atoms. The second-order valence-corrected chi connectivity index (χ2v) is 8.33. The van der Waals surface area contributed by atoms with Gasteiger partial charge in [0.1, 0.15) is 11.9 Å². The smallest absolute Gasteiger partial charge is 0.242 e. The first kappa shape index (κ1) is 23.9. The van der Waals surface area contributed by atoms with E-state index in [1.54, 1.807) is 17.0 Å². The summed E-state index contributed by atoms with van der Waals surface area (Å²) in [6, 6.07) is 13.8. The van der Waals surface area contributed by atoms with Crippen LogP contribution in [0.15, 0.2) is 48.5 Å². The normalized spacial score (nSPS) is 11.7. The van der Waals surface area contributed by atoms with E-state index < -0.39 is 6.04 Å². The van der Waals surface area contributed by atoms with Crippen molar-refractivity contribution >= 4 is 23.6 Å². The van der Waals surface area contributed by atoms with E-state index in [4.69, 9.17) is 0 Å². The summed E-state index contributed by atoms with van der Waals surface area (Å²) < 4.78 is 13.1. The van der Waals surface area contributed by atoms with Gasteiger partial charge in [-0.05, 0) is 43.0 Å². The van der Waals surface area contributed by atoms with Gasteiger partial charge < -0.3 is 10.2 Å². The average molecular weight is 431 g/mol. The Kier molecular flexibility index (Phi) is 9.87. The van der Waals surface area contributed by atoms with Crippen molar-refractivity contribution in [3.8, 4) is 0 Å². The van der Waals surface area contributed by atoms with E-state index in [0.29, 0.717) is 25.3 Å². The van der Waals surface area contributed by atoms with Crippen LogP contribution in [0.3, 0.4) is 0 Å². The maximum Gasteiger partial charge on any atom is 0.242 e. The maximum absolute atomic E-state index is 13.1. The van der Waals surface area contributed by atoms with Crippen molar-refractivity contribution in [2.24, 2.45) is 0 Å². The minimum absolute atomic E-state index is 0.0683. The quantitative estimate of drug-likeness (QED) is 0.562. The van der Waals surface area contributed by atoms with Gasteiger partial charge in [0.2, 0.25) is 11.8 Å². The largest absolute Gasteiger partial charge is 0.354 e. The third-order valence-electron chi connectivity index (χ3n) is 4.82. The lowest BCUT2D eigenvalue weighted by Crippen LogP contribution is -2.49. The molecule has 2 aromatic carbocycles. The molecule has 4 nitrogen and oxygen atoms in total. The second kappa shape index (κ2) is 12.4. The van der Waals surface area contributed by atoms with E-state index >= 15 is 0 Å². The van der Waals surface area contributed by atoms with Crippen LogP contribution in [-0.4, -0.2) is 35.1 Å². The summed E-state index contributed by atoms with van der Waals surface area (Å²) in [6.07, 6.45) is 1.40. The number of hydrogen-bond acceptors (Lipinski definition) is 3. The molecule has 1 atom stereocenters. The summed E-state index contributed by atoms with van der Waals surface area (Å²) in [4.78, 5) is 27.5. The van der Waals surface area contributed by atoms with Crippen LogP contribution in [0.2, 0.25) is 0 Å². The van der Waals surface area contributed by atoms with Crippen LogP contribution in [0.5, 0.6) is 0 Å². The highest BCUT2D eigenvalue weighted by Gasteiger charge is 2.28. The van der Waals surface area contributed by atoms with Gasteiger partial charge >= 0.3 is 0 Å². The van der Waals surface area contributed by atoms with Crippen molar-refractivity contribution in [3.05, 3.63) is 71.0 Å². The Morgan fingerprint density at radius 3 is 2.27 bits per heavy atom. The molecule has 0 spiro atoms. The molecule has 0 aliphatic rings. The summed E-state index contributed by atoms with van der Waals surface area (Å²) in [5, 5.41) is 2.93. The molecule has 0 heterocycles. The third kappa shape index (κ3) is 7.48. The number of thioether (sulfide) groups is 1. The number of nitrogens with one attached hydrogen (secondary N) is 1. The van der Waals surface area contributed by atoms with Gasteiger partial charge in [-0.15, -0.1) is 11.8 Å². The van der Waals surface area contributed by atoms with E-state index in [-0.39, 0.29) is 23.4 Å². The first-order valence-corrected chi connectivity index (χ1v) is 11.5. The van der Waals surface area contributed by atoms with Crippen LogP contribution < -0.4 is 5.32 Å². The number of amides is 2. The summed E-state index contributed by atoms with van der Waals surface area (Å²) in [5.41, 5.74) is 3.12. The van der Waals surface area contributed by atoms with Gasteiger partial charge in [0.25, 0.3) is 0 Å². The van der Waals surface area contributed by atoms with Gasteiger partial charge in [-0.2, -0.15) is 0 Å². The van der Waals surface area contributed by atoms with Crippen molar-refractivity contribution in [2.75, 3.05) is 12.3 Å². The van der Waals surface area contributed by atoms with Crippen LogP contribution >= 0.6 is 11.8 Å². The molecule has 0 saturated carbocycles. The second-order valence-electron chi connectivity index (χ2n) is 7.34. The van der Waals surface area contributed by atoms with Crippen molar-refractivity contribution in [2.45, 2.75) is 52.0 Å². The highest BCUT2D eigenvalue weighted by molar-refractivity contribution is 7.99. The Balaban J connectivity index is 2.09. The van der Waals surface area contributed by atoms with E-state index in [0.717, 1.165) is 23.1 Å². The Bertz CT molecular complexity index is 809. The Morgan fingerprint density at radius 2 is 1.67 bits per heavy atom. The van der Waals surface area contributed by atoms with E-state index in [9.17, 15) is 14.0 Å². The Hall–Kier alpha value is -2.34. The number of carbonyl (C=O) groups excluding carboxylic acids is 2. The molecule has 162 valence electrons. The molecule has 0 fully saturated rings. The zero-order chi connectivity index (χ0) is 21.9. The third-order valence-corrected chi connectivity index (χ3v) is 5.80. The monoisotopic (exact) mass is 430 g/mol. The van der Waals surface area contributed by atoms with E-state index in [1.807, 2.05) is 45.0 Å². The summed E-state index contributed by atoms with van der Waals surface area (Å²) in [6.45, 7) is 6.95. The predicted molar refractivity (Wildman–Crippen MR) is 122 cm³/mol. The zero-order valence-electron chi connectivity index (χ0n) is 18.0. The van der Waals surface area contributed by atoms with Crippen LogP contribution in [0.1, 0.15) is 43.4 Å². The molecule has 0 radical (unpaired) electrons. The minimum Gasteiger partial charge on any atom is -0.354 e. The molecule has 6 heteroatoms. The Labute approximate surface area is 183 Å². The molecule has 0 aromatic heterocycles. The van der Waals surface area contributed by atoms with Gasteiger partial charge in [-0.3, -0.25) is 9.59 Å². The van der Waals surface area contributed by atoms with Crippen LogP contribution in [0.4, 0.5) is 4.39 Å². The number of rotatable bonds is 11. The molecule has 0 saturated heterocycles. The summed E-state index contributed by atoms with van der Waals surface area (Å²) in [5.74, 6) is 0.432. The van der Waals surface area contributed by atoms with Crippen molar-refractivity contribution in [3.63, 3.8) is 0 Å². The molecule has 0 aliphatic heterocycles. The van der Waals surface area contributed by atoms with Gasteiger partial charge in [0.05, 0.1) is 5.75 Å². The fraction of sp³-hybridized carbons (Fsp3) is 0.417. The summed E-state index contributed by atoms with van der Waals surface area (Å²) in [7, 11) is 0. The number of halogens is 1. The van der Waals surface area contributed by atoms with Gasteiger partial charge in [0.15, 0.2) is 0 Å². The topological polar surface area (TPSA) is 49.4 Å². The molecule has 1 unspecified atom stereocenters. The molecular formula is C24H31FN2O2S. The first-order valence-electron chi connectivity index (χ1n) is 10.4. The molecule has 30 heavy (non-hydrogen) atoms. The molecule has 2 rings (SSSR count). The molecule has 2 amide bonds. The van der Waals surface area contributed by atoms with Gasteiger partial charge in [0, 0.05) is 18.8 Å². The fourth-order valence-electron chi connectivity index (χ4n) is 3.10. The minimum atomic E-state index is -0.503. The number of nitrogens with zero attached hydrogens (tertiary/aromatic N) is 1. The van der Waals surface area contributed by atoms with Crippen LogP contribution in [0, 0.1) is 12.7 Å². The fourth-order valence-corrected chi connectivity index (χ4v) is 3.97. The number of hydrogen-bond donors (Lipinski definition) is 1. The number of aryl methyl sites for hydroxylation is 1. The lowest BCUT2D eigenvalue weighted by molar-refractivity contribution is -0.139. The van der Waals surface area contributed by atoms with E-state index in [2.05, 4.69) is 5.32 Å². The lowest BCUT2D eigenvalue weighted by Gasteiger charge is -2.30. The van der Waals surface area contributed by atoms with Crippen LogP contribution in [0.25, 0.3) is 0 Å². The maximum atomic E-state index is 13.1. The van der Waals surface area contributed by atoms with Crippen molar-refractivity contribution in [1.82, 2.24) is 10.2 Å². The lowest BCUT2D eigenvalue weighted by atomic mass is 10.1. The summed E-state index contributed by atoms with van der Waals surface area (Å²) >= 11 is 1.47. The van der Waals surface area contributed by atoms with Crippen molar-refractivity contribution in [1.29, 1.82) is 0 Å². The highest BCUT2D eigenvalue weighted by atomic mass is 32.2. The Morgan fingerprint density at radius 1 is 1.03 bits per heavy atom. The van der Waals surface area contributed by atoms with Crippen LogP contribution in [-0.2, 0) is 21.9 Å². The standard InChI is InChI=1S/C24H31FN2O2S/c1-4-14-26-24(29)22(5-2)27(15-19-8-6-18(3)7-9-19)23(28)17-30-16-20-10-12-21(25)13-11-20/h6-13,22H,4-5,14-17H2,1-3H3,(H,26,29). The molecule has 0 aliphatic carbocycles. The highest BCUT2D eigenvalue weighted by Crippen LogP contribution is 2.18. The van der Waals surface area contributed by atoms with Gasteiger partial charge in [-0.25, -0.2) is 4.39 Å². The molecular weight excluding hydrogens is 399 g/mol. The average Bonchev–Trinajstić information content (AvgIpc) is 2.74. The predicted octanol–water partition coefficient (Wildman–Crippen LogP) is 4.70. The number of carbonyl (C=O) groups is 2. The number of benzene rings is 2. The van der Waals surface area contributed by atoms with Crippen molar-refractivity contribution < 1.29 is 14.0 Å². The molecule has 2 aromatic rings. The zero-order valence-corrected chi connectivity index (χ0v) is 18.8.